The summed E-state index contributed by atoms with van der Waals surface area (Å²) in [4.78, 5) is 48.3. The molecule has 0 spiro atoms. The highest BCUT2D eigenvalue weighted by Crippen LogP contribution is 2.44. The van der Waals surface area contributed by atoms with E-state index >= 15 is 0 Å². The van der Waals surface area contributed by atoms with Gasteiger partial charge < -0.3 is 25.2 Å². The first-order valence-corrected chi connectivity index (χ1v) is 11.8. The fraction of sp³-hybridized carbons (Fsp3) is 0.407. The van der Waals surface area contributed by atoms with E-state index in [0.29, 0.717) is 0 Å². The number of carboxylic acid groups (broad SMARTS) is 1. The Bertz CT molecular complexity index is 1090. The van der Waals surface area contributed by atoms with Crippen molar-refractivity contribution in [2.75, 3.05) is 6.61 Å². The first kappa shape index (κ1) is 26.7. The van der Waals surface area contributed by atoms with Crippen molar-refractivity contribution in [3.05, 3.63) is 59.7 Å². The topological polar surface area (TPSA) is 131 Å². The third-order valence-electron chi connectivity index (χ3n) is 5.74. The van der Waals surface area contributed by atoms with E-state index in [9.17, 15) is 24.3 Å². The summed E-state index contributed by atoms with van der Waals surface area (Å²) >= 11 is 0. The van der Waals surface area contributed by atoms with Crippen LogP contribution in [0.3, 0.4) is 0 Å². The Morgan fingerprint density at radius 2 is 1.50 bits per heavy atom. The van der Waals surface area contributed by atoms with Crippen LogP contribution in [0.15, 0.2) is 48.5 Å². The molecule has 3 N–H and O–H groups in total. The number of carbonyl (C=O) groups excluding carboxylic acids is 3. The Morgan fingerprint density at radius 1 is 0.944 bits per heavy atom. The number of fused-ring (bicyclic) bond motifs is 3. The summed E-state index contributed by atoms with van der Waals surface area (Å²) in [6.07, 6.45) is -1.11. The fourth-order valence-electron chi connectivity index (χ4n) is 4.09. The first-order chi connectivity index (χ1) is 17.0. The lowest BCUT2D eigenvalue weighted by Crippen LogP contribution is -2.50. The van der Waals surface area contributed by atoms with E-state index in [1.807, 2.05) is 48.5 Å². The molecule has 9 heteroatoms. The fourth-order valence-corrected chi connectivity index (χ4v) is 4.09. The summed E-state index contributed by atoms with van der Waals surface area (Å²) < 4.78 is 10.6. The molecule has 36 heavy (non-hydrogen) atoms. The Kier molecular flexibility index (Phi) is 8.34. The average Bonchev–Trinajstić information content (AvgIpc) is 3.12. The van der Waals surface area contributed by atoms with Gasteiger partial charge in [0.15, 0.2) is 0 Å². The second kappa shape index (κ2) is 11.2. The minimum Gasteiger partial charge on any atom is -0.480 e. The number of benzene rings is 2. The molecule has 2 aromatic rings. The zero-order valence-corrected chi connectivity index (χ0v) is 20.9. The molecule has 2 atom stereocenters. The van der Waals surface area contributed by atoms with Crippen LogP contribution in [0.5, 0.6) is 0 Å². The van der Waals surface area contributed by atoms with Crippen LogP contribution in [0.25, 0.3) is 11.1 Å². The third-order valence-corrected chi connectivity index (χ3v) is 5.74. The van der Waals surface area contributed by atoms with E-state index in [1.165, 1.54) is 6.92 Å². The van der Waals surface area contributed by atoms with Gasteiger partial charge in [0.05, 0.1) is 0 Å². The van der Waals surface area contributed by atoms with Crippen molar-refractivity contribution < 1.29 is 33.8 Å². The highest BCUT2D eigenvalue weighted by atomic mass is 16.6. The van der Waals surface area contributed by atoms with Crippen molar-refractivity contribution in [2.45, 2.75) is 64.1 Å². The molecule has 0 unspecified atom stereocenters. The highest BCUT2D eigenvalue weighted by Gasteiger charge is 2.30. The van der Waals surface area contributed by atoms with E-state index in [1.54, 1.807) is 20.8 Å². The van der Waals surface area contributed by atoms with E-state index in [-0.39, 0.29) is 25.4 Å². The van der Waals surface area contributed by atoms with Gasteiger partial charge in [0, 0.05) is 12.3 Å². The molecular formula is C27H32N2O7. The lowest BCUT2D eigenvalue weighted by Gasteiger charge is -2.21. The van der Waals surface area contributed by atoms with Crippen LogP contribution in [0.4, 0.5) is 4.79 Å². The number of carboxylic acids is 1. The molecule has 2 amide bonds. The molecule has 192 valence electrons. The summed E-state index contributed by atoms with van der Waals surface area (Å²) in [7, 11) is 0. The minimum atomic E-state index is -1.31. The van der Waals surface area contributed by atoms with Crippen LogP contribution in [-0.2, 0) is 23.9 Å². The normalized spacial score (nSPS) is 14.1. The van der Waals surface area contributed by atoms with Gasteiger partial charge >= 0.3 is 18.0 Å². The van der Waals surface area contributed by atoms with Crippen molar-refractivity contribution in [3.8, 4) is 11.1 Å². The van der Waals surface area contributed by atoms with Gasteiger partial charge in [0.25, 0.3) is 0 Å². The predicted octanol–water partition coefficient (Wildman–Crippen LogP) is 3.60. The Hall–Kier alpha value is -3.88. The number of ether oxygens (including phenoxy) is 2. The summed E-state index contributed by atoms with van der Waals surface area (Å²) in [5.41, 5.74) is 3.63. The molecule has 0 radical (unpaired) electrons. The summed E-state index contributed by atoms with van der Waals surface area (Å²) in [6.45, 7) is 6.62. The van der Waals surface area contributed by atoms with Gasteiger partial charge in [0.2, 0.25) is 5.91 Å². The number of aliphatic carboxylic acids is 1. The molecule has 0 aromatic heterocycles. The van der Waals surface area contributed by atoms with Gasteiger partial charge in [-0.25, -0.2) is 9.59 Å². The smallest absolute Gasteiger partial charge is 0.407 e. The molecule has 1 aliphatic carbocycles. The van der Waals surface area contributed by atoms with Gasteiger partial charge in [-0.2, -0.15) is 0 Å². The molecule has 0 saturated carbocycles. The summed E-state index contributed by atoms with van der Waals surface area (Å²) in [5.74, 6) is -2.69. The van der Waals surface area contributed by atoms with Gasteiger partial charge in [-0.1, -0.05) is 48.5 Å². The average molecular weight is 497 g/mol. The molecule has 2 aromatic carbocycles. The Labute approximate surface area is 210 Å². The van der Waals surface area contributed by atoms with E-state index in [2.05, 4.69) is 10.6 Å². The lowest BCUT2D eigenvalue weighted by molar-refractivity contribution is -0.155. The van der Waals surface area contributed by atoms with Crippen molar-refractivity contribution >= 4 is 23.9 Å². The van der Waals surface area contributed by atoms with Crippen molar-refractivity contribution in [1.82, 2.24) is 10.6 Å². The maximum Gasteiger partial charge on any atom is 0.407 e. The van der Waals surface area contributed by atoms with Crippen LogP contribution >= 0.6 is 0 Å². The molecule has 3 rings (SSSR count). The number of amides is 2. The Balaban J connectivity index is 1.52. The number of hydrogen-bond donors (Lipinski definition) is 3. The van der Waals surface area contributed by atoms with E-state index < -0.39 is 41.6 Å². The molecule has 0 fully saturated rings. The van der Waals surface area contributed by atoms with Gasteiger partial charge in [-0.15, -0.1) is 0 Å². The highest BCUT2D eigenvalue weighted by molar-refractivity contribution is 5.89. The van der Waals surface area contributed by atoms with Crippen molar-refractivity contribution in [2.24, 2.45) is 0 Å². The van der Waals surface area contributed by atoms with Crippen LogP contribution < -0.4 is 10.6 Å². The SMILES string of the molecule is C[C@H](NC(=O)OCC1c2ccccc2-c2ccccc21)C(=O)N[C@H](CCC(=O)OC(C)(C)C)C(=O)O. The maximum absolute atomic E-state index is 12.5. The molecule has 9 nitrogen and oxygen atoms in total. The molecule has 0 heterocycles. The molecule has 0 bridgehead atoms. The van der Waals surface area contributed by atoms with Gasteiger partial charge in [-0.3, -0.25) is 9.59 Å². The number of hydrogen-bond acceptors (Lipinski definition) is 6. The number of rotatable bonds is 9. The van der Waals surface area contributed by atoms with Crippen LogP contribution in [0.2, 0.25) is 0 Å². The molecule has 0 saturated heterocycles. The van der Waals surface area contributed by atoms with E-state index in [0.717, 1.165) is 22.3 Å². The van der Waals surface area contributed by atoms with Gasteiger partial charge in [0.1, 0.15) is 24.3 Å². The maximum atomic E-state index is 12.5. The van der Waals surface area contributed by atoms with Gasteiger partial charge in [-0.05, 0) is 56.4 Å². The second-order valence-electron chi connectivity index (χ2n) is 9.72. The second-order valence-corrected chi connectivity index (χ2v) is 9.72. The number of carbonyl (C=O) groups is 4. The zero-order valence-electron chi connectivity index (χ0n) is 20.9. The number of alkyl carbamates (subject to hydrolysis) is 1. The molecule has 1 aliphatic rings. The number of nitrogens with one attached hydrogen (secondary N) is 2. The third kappa shape index (κ3) is 6.84. The zero-order chi connectivity index (χ0) is 26.5. The quantitative estimate of drug-likeness (QED) is 0.452. The molecule has 0 aliphatic heterocycles. The monoisotopic (exact) mass is 496 g/mol. The van der Waals surface area contributed by atoms with Crippen LogP contribution in [0.1, 0.15) is 57.6 Å². The largest absolute Gasteiger partial charge is 0.480 e. The predicted molar refractivity (Wildman–Crippen MR) is 132 cm³/mol. The lowest BCUT2D eigenvalue weighted by atomic mass is 9.98. The van der Waals surface area contributed by atoms with Crippen LogP contribution in [0, 0.1) is 0 Å². The number of esters is 1. The standard InChI is InChI=1S/C27H32N2O7/c1-16(24(31)29-22(25(32)33)13-14-23(30)36-27(2,3)4)28-26(34)35-15-21-19-11-7-5-9-17(19)18-10-6-8-12-20(18)21/h5-12,16,21-22H,13-15H2,1-4H3,(H,28,34)(H,29,31)(H,32,33)/t16-,22+/m0/s1. The van der Waals surface area contributed by atoms with Crippen molar-refractivity contribution in [1.29, 1.82) is 0 Å². The Morgan fingerprint density at radius 3 is 2.03 bits per heavy atom. The minimum absolute atomic E-state index is 0.0852. The summed E-state index contributed by atoms with van der Waals surface area (Å²) in [5, 5.41) is 14.2. The first-order valence-electron chi connectivity index (χ1n) is 11.8. The van der Waals surface area contributed by atoms with Crippen LogP contribution in [-0.4, -0.2) is 53.3 Å². The van der Waals surface area contributed by atoms with E-state index in [4.69, 9.17) is 9.47 Å². The van der Waals surface area contributed by atoms with Crippen molar-refractivity contribution in [3.63, 3.8) is 0 Å². The summed E-state index contributed by atoms with van der Waals surface area (Å²) in [6, 6.07) is 13.5. The molecular weight excluding hydrogens is 464 g/mol.